The van der Waals surface area contributed by atoms with Crippen LogP contribution in [0, 0.1) is 0 Å². The number of anilines is 2. The van der Waals surface area contributed by atoms with E-state index in [1.165, 1.54) is 25.7 Å². The maximum absolute atomic E-state index is 13.5. The van der Waals surface area contributed by atoms with Gasteiger partial charge in [0.15, 0.2) is 0 Å². The van der Waals surface area contributed by atoms with E-state index >= 15 is 0 Å². The molecule has 0 spiro atoms. The zero-order chi connectivity index (χ0) is 26.7. The minimum Gasteiger partial charge on any atom is -0.478 e. The molecule has 0 aliphatic heterocycles. The van der Waals surface area contributed by atoms with Crippen molar-refractivity contribution in [1.82, 2.24) is 4.90 Å². The third-order valence-corrected chi connectivity index (χ3v) is 8.46. The first-order valence-corrected chi connectivity index (χ1v) is 15.3. The molecule has 0 saturated heterocycles. The molecule has 37 heavy (non-hydrogen) atoms. The molecule has 0 heterocycles. The zero-order valence-corrected chi connectivity index (χ0v) is 23.2. The Balaban J connectivity index is 1.73. The van der Waals surface area contributed by atoms with Gasteiger partial charge in [-0.25, -0.2) is 13.2 Å². The van der Waals surface area contributed by atoms with Crippen LogP contribution in [-0.2, 0) is 22.9 Å². The molecule has 7 nitrogen and oxygen atoms in total. The summed E-state index contributed by atoms with van der Waals surface area (Å²) in [4.78, 5) is 14.8. The fraction of sp³-hybridized carbons (Fsp3) is 0.552. The predicted octanol–water partition coefficient (Wildman–Crippen LogP) is 6.16. The number of hydrogen-bond acceptors (Lipinski definition) is 5. The second-order valence-corrected chi connectivity index (χ2v) is 11.6. The standard InChI is InChI=1S/C29H43N3O4S/c1-3-5-20-32(21-6-4-2)22-12-19-30-25-15-10-11-16-27(25)37(35,36)31-26-18-17-23-13-8-7-9-14-24(23)28(26)29(33)34/h10-11,15-18,30-31H,3-9,12-14,19-22H2,1-2H3,(H,33,34). The van der Waals surface area contributed by atoms with Gasteiger partial charge in [-0.05, 0) is 93.9 Å². The summed E-state index contributed by atoms with van der Waals surface area (Å²) in [6.07, 6.45) is 10.1. The number of carboxylic acids is 1. The van der Waals surface area contributed by atoms with Gasteiger partial charge in [0.25, 0.3) is 10.0 Å². The molecular weight excluding hydrogens is 486 g/mol. The normalized spacial score (nSPS) is 13.7. The van der Waals surface area contributed by atoms with Crippen molar-refractivity contribution >= 4 is 27.4 Å². The van der Waals surface area contributed by atoms with E-state index < -0.39 is 16.0 Å². The highest BCUT2D eigenvalue weighted by molar-refractivity contribution is 7.92. The van der Waals surface area contributed by atoms with Crippen molar-refractivity contribution in [1.29, 1.82) is 0 Å². The van der Waals surface area contributed by atoms with Crippen LogP contribution in [0.3, 0.4) is 0 Å². The number of aryl methyl sites for hydroxylation is 1. The highest BCUT2D eigenvalue weighted by atomic mass is 32.2. The number of carbonyl (C=O) groups is 1. The second kappa shape index (κ2) is 14.4. The maximum atomic E-state index is 13.5. The number of unbranched alkanes of at least 4 members (excludes halogenated alkanes) is 2. The number of rotatable bonds is 15. The van der Waals surface area contributed by atoms with Gasteiger partial charge < -0.3 is 15.3 Å². The molecule has 0 aromatic heterocycles. The molecule has 0 bridgehead atoms. The number of nitrogens with zero attached hydrogens (tertiary/aromatic N) is 1. The van der Waals surface area contributed by atoms with Crippen LogP contribution in [0.5, 0.6) is 0 Å². The molecule has 3 N–H and O–H groups in total. The number of fused-ring (bicyclic) bond motifs is 1. The average Bonchev–Trinajstić information content (AvgIpc) is 3.13. The van der Waals surface area contributed by atoms with Crippen molar-refractivity contribution in [2.24, 2.45) is 0 Å². The molecule has 0 atom stereocenters. The van der Waals surface area contributed by atoms with Crippen molar-refractivity contribution in [3.63, 3.8) is 0 Å². The number of aromatic carboxylic acids is 1. The smallest absolute Gasteiger partial charge is 0.338 e. The lowest BCUT2D eigenvalue weighted by Gasteiger charge is -2.22. The van der Waals surface area contributed by atoms with Crippen LogP contribution in [0.4, 0.5) is 11.4 Å². The Morgan fingerprint density at radius 1 is 0.892 bits per heavy atom. The zero-order valence-electron chi connectivity index (χ0n) is 22.4. The first kappa shape index (κ1) is 29.0. The van der Waals surface area contributed by atoms with E-state index in [1.807, 2.05) is 6.07 Å². The monoisotopic (exact) mass is 529 g/mol. The minimum atomic E-state index is -4.00. The lowest BCUT2D eigenvalue weighted by atomic mass is 9.96. The number of carboxylic acid groups (broad SMARTS) is 1. The average molecular weight is 530 g/mol. The van der Waals surface area contributed by atoms with Gasteiger partial charge in [-0.3, -0.25) is 4.72 Å². The van der Waals surface area contributed by atoms with Gasteiger partial charge in [-0.2, -0.15) is 0 Å². The highest BCUT2D eigenvalue weighted by Crippen LogP contribution is 2.32. The quantitative estimate of drug-likeness (QED) is 0.189. The van der Waals surface area contributed by atoms with E-state index in [0.717, 1.165) is 62.9 Å². The largest absolute Gasteiger partial charge is 0.478 e. The molecule has 0 fully saturated rings. The Morgan fingerprint density at radius 3 is 2.27 bits per heavy atom. The first-order chi connectivity index (χ1) is 17.9. The molecular formula is C29H43N3O4S. The van der Waals surface area contributed by atoms with E-state index in [4.69, 9.17) is 0 Å². The third-order valence-electron chi connectivity index (χ3n) is 7.04. The summed E-state index contributed by atoms with van der Waals surface area (Å²) in [6, 6.07) is 10.3. The molecule has 0 saturated carbocycles. The Kier molecular flexibility index (Phi) is 11.3. The van der Waals surface area contributed by atoms with Gasteiger partial charge >= 0.3 is 5.97 Å². The number of nitrogens with one attached hydrogen (secondary N) is 2. The lowest BCUT2D eigenvalue weighted by molar-refractivity contribution is 0.0696. The summed E-state index contributed by atoms with van der Waals surface area (Å²) in [6.45, 7) is 8.22. The van der Waals surface area contributed by atoms with E-state index in [1.54, 1.807) is 30.3 Å². The van der Waals surface area contributed by atoms with Gasteiger partial charge in [0.2, 0.25) is 0 Å². The maximum Gasteiger partial charge on any atom is 0.338 e. The molecule has 0 unspecified atom stereocenters. The first-order valence-electron chi connectivity index (χ1n) is 13.8. The van der Waals surface area contributed by atoms with Gasteiger partial charge in [-0.1, -0.05) is 51.3 Å². The molecule has 2 aromatic carbocycles. The van der Waals surface area contributed by atoms with Crippen LogP contribution in [0.1, 0.15) is 86.7 Å². The highest BCUT2D eigenvalue weighted by Gasteiger charge is 2.25. The van der Waals surface area contributed by atoms with E-state index in [0.29, 0.717) is 18.7 Å². The molecule has 8 heteroatoms. The van der Waals surface area contributed by atoms with Gasteiger partial charge in [0, 0.05) is 6.54 Å². The van der Waals surface area contributed by atoms with Crippen molar-refractivity contribution in [2.75, 3.05) is 36.2 Å². The molecule has 0 amide bonds. The van der Waals surface area contributed by atoms with Crippen molar-refractivity contribution in [3.8, 4) is 0 Å². The minimum absolute atomic E-state index is 0.0765. The molecule has 1 aliphatic rings. The number of benzene rings is 2. The summed E-state index contributed by atoms with van der Waals surface area (Å²) in [5.41, 5.74) is 2.49. The molecule has 3 rings (SSSR count). The SMILES string of the molecule is CCCCN(CCCC)CCCNc1ccccc1S(=O)(=O)Nc1ccc2c(c1C(=O)O)CCCCC2. The van der Waals surface area contributed by atoms with Gasteiger partial charge in [-0.15, -0.1) is 0 Å². The Hall–Kier alpha value is -2.58. The topological polar surface area (TPSA) is 98.7 Å². The second-order valence-electron chi connectivity index (χ2n) is 9.92. The Morgan fingerprint density at radius 2 is 1.57 bits per heavy atom. The van der Waals surface area contributed by atoms with Crippen LogP contribution in [-0.4, -0.2) is 50.6 Å². The lowest BCUT2D eigenvalue weighted by Crippen LogP contribution is -2.28. The fourth-order valence-corrected chi connectivity index (χ4v) is 6.26. The molecule has 1 aliphatic carbocycles. The summed E-state index contributed by atoms with van der Waals surface area (Å²) in [5, 5.41) is 13.3. The Labute approximate surface area is 222 Å². The third kappa shape index (κ3) is 8.20. The van der Waals surface area contributed by atoms with E-state index in [9.17, 15) is 18.3 Å². The number of hydrogen-bond donors (Lipinski definition) is 3. The van der Waals surface area contributed by atoms with Crippen LogP contribution in [0.15, 0.2) is 41.3 Å². The van der Waals surface area contributed by atoms with Crippen molar-refractivity contribution in [3.05, 3.63) is 53.1 Å². The molecule has 0 radical (unpaired) electrons. The van der Waals surface area contributed by atoms with Crippen LogP contribution in [0.2, 0.25) is 0 Å². The molecule has 204 valence electrons. The van der Waals surface area contributed by atoms with E-state index in [2.05, 4.69) is 28.8 Å². The summed E-state index contributed by atoms with van der Waals surface area (Å²) in [7, 11) is -4.00. The van der Waals surface area contributed by atoms with Crippen LogP contribution < -0.4 is 10.0 Å². The van der Waals surface area contributed by atoms with Gasteiger partial charge in [0.1, 0.15) is 4.90 Å². The van der Waals surface area contributed by atoms with Gasteiger partial charge in [0.05, 0.1) is 16.9 Å². The van der Waals surface area contributed by atoms with Crippen molar-refractivity contribution < 1.29 is 18.3 Å². The number of para-hydroxylation sites is 1. The predicted molar refractivity (Wildman–Crippen MR) is 151 cm³/mol. The Bertz CT molecular complexity index is 1130. The fourth-order valence-electron chi connectivity index (χ4n) is 5.01. The van der Waals surface area contributed by atoms with E-state index in [-0.39, 0.29) is 16.1 Å². The van der Waals surface area contributed by atoms with Crippen LogP contribution in [0.25, 0.3) is 0 Å². The summed E-state index contributed by atoms with van der Waals surface area (Å²) < 4.78 is 29.5. The number of sulfonamides is 1. The summed E-state index contributed by atoms with van der Waals surface area (Å²) >= 11 is 0. The summed E-state index contributed by atoms with van der Waals surface area (Å²) in [5.74, 6) is -1.10. The van der Waals surface area contributed by atoms with Crippen molar-refractivity contribution in [2.45, 2.75) is 83.0 Å². The molecule has 2 aromatic rings. The van der Waals surface area contributed by atoms with Crippen LogP contribution >= 0.6 is 0 Å².